The summed E-state index contributed by atoms with van der Waals surface area (Å²) in [6, 6.07) is 0.186. The normalized spacial score (nSPS) is 29.5. The zero-order chi connectivity index (χ0) is 18.0. The lowest BCUT2D eigenvalue weighted by Crippen LogP contribution is -2.47. The Bertz CT molecular complexity index is 700. The molecule has 1 aromatic rings. The third-order valence-electron chi connectivity index (χ3n) is 5.44. The Hall–Kier alpha value is -1.73. The number of halogens is 3. The summed E-state index contributed by atoms with van der Waals surface area (Å²) < 4.78 is 46.6. The van der Waals surface area contributed by atoms with Crippen LogP contribution in [0, 0.1) is 6.92 Å². The molecule has 25 heavy (non-hydrogen) atoms. The van der Waals surface area contributed by atoms with Gasteiger partial charge in [-0.05, 0) is 19.8 Å². The number of alkyl halides is 3. The maximum absolute atomic E-state index is 13.4. The average Bonchev–Trinajstić information content (AvgIpc) is 3.22. The Kier molecular flexibility index (Phi) is 3.60. The van der Waals surface area contributed by atoms with Crippen LogP contribution >= 0.6 is 0 Å². The number of aromatic nitrogens is 2. The second kappa shape index (κ2) is 5.38. The number of carbonyl (C=O) groups is 1. The van der Waals surface area contributed by atoms with Crippen LogP contribution in [-0.4, -0.2) is 34.1 Å². The fourth-order valence-corrected chi connectivity index (χ4v) is 3.96. The van der Waals surface area contributed by atoms with Crippen molar-refractivity contribution in [3.8, 4) is 0 Å². The summed E-state index contributed by atoms with van der Waals surface area (Å²) in [7, 11) is 0. The number of hydrogen-bond donors (Lipinski definition) is 1. The lowest BCUT2D eigenvalue weighted by atomic mass is 9.65. The van der Waals surface area contributed by atoms with E-state index in [1.165, 1.54) is 0 Å². The molecule has 5 nitrogen and oxygen atoms in total. The highest BCUT2D eigenvalue weighted by Gasteiger charge is 2.56. The summed E-state index contributed by atoms with van der Waals surface area (Å²) in [4.78, 5) is 12.1. The van der Waals surface area contributed by atoms with Gasteiger partial charge in [-0.15, -0.1) is 0 Å². The number of hydrogen-bond acceptors (Lipinski definition) is 3. The lowest BCUT2D eigenvalue weighted by Gasteiger charge is -2.44. The molecule has 0 spiro atoms. The predicted octanol–water partition coefficient (Wildman–Crippen LogP) is 4.26. The van der Waals surface area contributed by atoms with Gasteiger partial charge in [-0.2, -0.15) is 5.10 Å². The lowest BCUT2D eigenvalue weighted by molar-refractivity contribution is -0.122. The van der Waals surface area contributed by atoms with Gasteiger partial charge in [0.15, 0.2) is 0 Å². The van der Waals surface area contributed by atoms with Gasteiger partial charge in [0, 0.05) is 36.7 Å². The zero-order valence-electron chi connectivity index (χ0n) is 14.3. The van der Waals surface area contributed by atoms with Crippen molar-refractivity contribution in [3.05, 3.63) is 11.3 Å². The Morgan fingerprint density at radius 1 is 1.32 bits per heavy atom. The quantitative estimate of drug-likeness (QED) is 0.876. The van der Waals surface area contributed by atoms with E-state index in [1.54, 1.807) is 18.5 Å². The van der Waals surface area contributed by atoms with Crippen molar-refractivity contribution >= 4 is 11.9 Å². The smallest absolute Gasteiger partial charge is 0.413 e. The predicted molar refractivity (Wildman–Crippen MR) is 84.8 cm³/mol. The molecule has 4 rings (SSSR count). The fraction of sp³-hybridized carbons (Fsp3) is 0.765. The van der Waals surface area contributed by atoms with Crippen molar-refractivity contribution in [2.45, 2.75) is 82.0 Å². The number of nitrogens with zero attached hydrogens (tertiary/aromatic N) is 2. The van der Waals surface area contributed by atoms with Crippen molar-refractivity contribution in [2.24, 2.45) is 0 Å². The molecule has 0 aliphatic heterocycles. The molecular formula is C17H22F3N3O2. The molecule has 1 N–H and O–H groups in total. The zero-order valence-corrected chi connectivity index (χ0v) is 14.3. The number of ether oxygens (including phenoxy) is 1. The van der Waals surface area contributed by atoms with E-state index in [1.807, 2.05) is 0 Å². The molecule has 3 aliphatic rings. The third-order valence-corrected chi connectivity index (χ3v) is 5.44. The molecule has 0 unspecified atom stereocenters. The van der Waals surface area contributed by atoms with Crippen molar-refractivity contribution < 1.29 is 22.7 Å². The van der Waals surface area contributed by atoms with Crippen LogP contribution in [0.2, 0.25) is 0 Å². The summed E-state index contributed by atoms with van der Waals surface area (Å²) in [6.45, 7) is 3.58. The van der Waals surface area contributed by atoms with E-state index in [4.69, 9.17) is 4.74 Å². The highest BCUT2D eigenvalue weighted by Crippen LogP contribution is 2.54. The molecule has 1 amide bonds. The van der Waals surface area contributed by atoms with Gasteiger partial charge in [0.05, 0.1) is 11.7 Å². The van der Waals surface area contributed by atoms with E-state index in [2.05, 4.69) is 10.4 Å². The first-order valence-electron chi connectivity index (χ1n) is 8.76. The molecule has 0 aromatic carbocycles. The Morgan fingerprint density at radius 3 is 2.48 bits per heavy atom. The molecular weight excluding hydrogens is 335 g/mol. The second-order valence-corrected chi connectivity index (χ2v) is 7.99. The largest absolute Gasteiger partial charge is 0.446 e. The highest BCUT2D eigenvalue weighted by molar-refractivity contribution is 5.85. The first-order chi connectivity index (χ1) is 11.7. The van der Waals surface area contributed by atoms with Gasteiger partial charge in [0.25, 0.3) is 0 Å². The van der Waals surface area contributed by atoms with E-state index in [0.29, 0.717) is 17.1 Å². The van der Waals surface area contributed by atoms with Crippen LogP contribution in [0.15, 0.2) is 0 Å². The minimum Gasteiger partial charge on any atom is -0.446 e. The molecule has 0 atom stereocenters. The van der Waals surface area contributed by atoms with Crippen molar-refractivity contribution in [3.63, 3.8) is 0 Å². The van der Waals surface area contributed by atoms with Crippen LogP contribution in [0.3, 0.4) is 0 Å². The van der Waals surface area contributed by atoms with Gasteiger partial charge in [-0.1, -0.05) is 6.92 Å². The Morgan fingerprint density at radius 2 is 1.96 bits per heavy atom. The van der Waals surface area contributed by atoms with Gasteiger partial charge in [-0.3, -0.25) is 5.32 Å². The molecule has 138 valence electrons. The maximum atomic E-state index is 13.4. The molecule has 0 bridgehead atoms. The van der Waals surface area contributed by atoms with Crippen LogP contribution in [-0.2, 0) is 10.2 Å². The van der Waals surface area contributed by atoms with Crippen molar-refractivity contribution in [2.75, 3.05) is 5.32 Å². The Balaban J connectivity index is 1.53. The number of rotatable bonds is 4. The minimum absolute atomic E-state index is 0.186. The van der Waals surface area contributed by atoms with Gasteiger partial charge in [0.1, 0.15) is 18.1 Å². The van der Waals surface area contributed by atoms with Crippen molar-refractivity contribution in [1.82, 2.24) is 9.78 Å². The first kappa shape index (κ1) is 16.7. The number of amides is 1. The van der Waals surface area contributed by atoms with Crippen LogP contribution in [0.1, 0.15) is 62.7 Å². The standard InChI is InChI=1S/C17H22F3N3O2/c1-9-13(16(2)7-17(19,20)8-16)22-23(11-3-4-11)14(9)21-15(24)25-12-5-10(18)6-12/h10-12H,3-8H2,1-2H3,(H,21,24). The average molecular weight is 357 g/mol. The van der Waals surface area contributed by atoms with Crippen LogP contribution in [0.5, 0.6) is 0 Å². The molecule has 3 fully saturated rings. The van der Waals surface area contributed by atoms with Crippen LogP contribution in [0.25, 0.3) is 0 Å². The SMILES string of the molecule is Cc1c(C2(C)CC(F)(F)C2)nn(C2CC2)c1NC(=O)OC1CC(F)C1. The third kappa shape index (κ3) is 3.00. The fourth-order valence-electron chi connectivity index (χ4n) is 3.96. The van der Waals surface area contributed by atoms with Gasteiger partial charge in [0.2, 0.25) is 5.92 Å². The number of nitrogens with one attached hydrogen (secondary N) is 1. The molecule has 1 heterocycles. The first-order valence-corrected chi connectivity index (χ1v) is 8.76. The molecule has 0 radical (unpaired) electrons. The molecule has 3 aliphatic carbocycles. The summed E-state index contributed by atoms with van der Waals surface area (Å²) >= 11 is 0. The minimum atomic E-state index is -2.65. The van der Waals surface area contributed by atoms with Crippen LogP contribution in [0.4, 0.5) is 23.8 Å². The number of anilines is 1. The van der Waals surface area contributed by atoms with Gasteiger partial charge in [-0.25, -0.2) is 22.6 Å². The van der Waals surface area contributed by atoms with Gasteiger partial charge >= 0.3 is 6.09 Å². The van der Waals surface area contributed by atoms with E-state index >= 15 is 0 Å². The molecule has 3 saturated carbocycles. The Labute approximate surface area is 143 Å². The summed E-state index contributed by atoms with van der Waals surface area (Å²) in [5.74, 6) is -2.14. The van der Waals surface area contributed by atoms with E-state index in [-0.39, 0.29) is 31.7 Å². The second-order valence-electron chi connectivity index (χ2n) is 7.99. The molecule has 0 saturated heterocycles. The summed E-state index contributed by atoms with van der Waals surface area (Å²) in [5.41, 5.74) is 0.649. The van der Waals surface area contributed by atoms with E-state index in [0.717, 1.165) is 12.8 Å². The summed E-state index contributed by atoms with van der Waals surface area (Å²) in [5, 5.41) is 7.27. The van der Waals surface area contributed by atoms with Gasteiger partial charge < -0.3 is 4.74 Å². The van der Waals surface area contributed by atoms with E-state index in [9.17, 15) is 18.0 Å². The van der Waals surface area contributed by atoms with Crippen LogP contribution < -0.4 is 5.32 Å². The highest BCUT2D eigenvalue weighted by atomic mass is 19.3. The topological polar surface area (TPSA) is 56.2 Å². The van der Waals surface area contributed by atoms with E-state index < -0.39 is 29.7 Å². The molecule has 1 aromatic heterocycles. The van der Waals surface area contributed by atoms with Crippen molar-refractivity contribution in [1.29, 1.82) is 0 Å². The maximum Gasteiger partial charge on any atom is 0.413 e. The monoisotopic (exact) mass is 357 g/mol. The molecule has 8 heteroatoms. The summed E-state index contributed by atoms with van der Waals surface area (Å²) in [6.07, 6.45) is -0.0409. The number of carbonyl (C=O) groups excluding carboxylic acids is 1.